The molecule has 0 aliphatic heterocycles. The van der Waals surface area contributed by atoms with Crippen molar-refractivity contribution in [3.05, 3.63) is 98.9 Å². The van der Waals surface area contributed by atoms with Crippen LogP contribution in [0.15, 0.2) is 87.8 Å². The molecule has 2 amide bonds. The average Bonchev–Trinajstić information content (AvgIpc) is 2.89. The van der Waals surface area contributed by atoms with Gasteiger partial charge in [0.25, 0.3) is 0 Å². The number of hydrogen-bond acceptors (Lipinski definition) is 4. The minimum Gasteiger partial charge on any atom is -0.352 e. The zero-order chi connectivity index (χ0) is 28.6. The smallest absolute Gasteiger partial charge is 0.244 e. The summed E-state index contributed by atoms with van der Waals surface area (Å²) in [5, 5.41) is 3.02. The summed E-state index contributed by atoms with van der Waals surface area (Å²) >= 11 is 6.84. The van der Waals surface area contributed by atoms with Crippen LogP contribution in [0.2, 0.25) is 0 Å². The van der Waals surface area contributed by atoms with Crippen molar-refractivity contribution in [2.45, 2.75) is 45.3 Å². The summed E-state index contributed by atoms with van der Waals surface area (Å²) in [6.45, 7) is 3.57. The zero-order valence-corrected chi connectivity index (χ0v) is 26.2. The summed E-state index contributed by atoms with van der Waals surface area (Å²) in [6.07, 6.45) is 2.08. The van der Waals surface area contributed by atoms with Gasteiger partial charge in [-0.1, -0.05) is 81.2 Å². The number of benzene rings is 3. The molecule has 0 radical (unpaired) electrons. The number of halogens is 2. The van der Waals surface area contributed by atoms with Gasteiger partial charge in [0.2, 0.25) is 21.8 Å². The van der Waals surface area contributed by atoms with Crippen molar-refractivity contribution in [3.8, 4) is 0 Å². The second kappa shape index (κ2) is 14.1. The summed E-state index contributed by atoms with van der Waals surface area (Å²) < 4.78 is 28.3. The monoisotopic (exact) mass is 677 g/mol. The van der Waals surface area contributed by atoms with Gasteiger partial charge in [-0.2, -0.15) is 0 Å². The van der Waals surface area contributed by atoms with E-state index in [0.717, 1.165) is 37.1 Å². The Morgan fingerprint density at radius 3 is 2.13 bits per heavy atom. The molecule has 1 N–H and O–H groups in total. The number of amides is 2. The van der Waals surface area contributed by atoms with Crippen LogP contribution in [0.4, 0.5) is 5.69 Å². The lowest BCUT2D eigenvalue weighted by Gasteiger charge is -2.34. The molecule has 7 nitrogen and oxygen atoms in total. The zero-order valence-electron chi connectivity index (χ0n) is 22.2. The normalized spacial score (nSPS) is 12.8. The minimum absolute atomic E-state index is 0.0890. The number of carbonyl (C=O) groups excluding carboxylic acids is 2. The summed E-state index contributed by atoms with van der Waals surface area (Å²) in [7, 11) is -3.80. The van der Waals surface area contributed by atoms with Crippen LogP contribution in [0.1, 0.15) is 31.4 Å². The van der Waals surface area contributed by atoms with E-state index < -0.39 is 28.5 Å². The number of nitrogens with zero attached hydrogens (tertiary/aromatic N) is 2. The van der Waals surface area contributed by atoms with E-state index >= 15 is 0 Å². The molecule has 0 spiro atoms. The Bertz CT molecular complexity index is 1370. The highest BCUT2D eigenvalue weighted by Gasteiger charge is 2.33. The molecule has 3 aromatic carbocycles. The van der Waals surface area contributed by atoms with Gasteiger partial charge in [0.15, 0.2) is 0 Å². The largest absolute Gasteiger partial charge is 0.352 e. The van der Waals surface area contributed by atoms with Crippen LogP contribution in [0.25, 0.3) is 0 Å². The van der Waals surface area contributed by atoms with Crippen molar-refractivity contribution >= 4 is 59.4 Å². The van der Waals surface area contributed by atoms with E-state index in [1.165, 1.54) is 4.90 Å². The first-order valence-electron chi connectivity index (χ1n) is 12.6. The van der Waals surface area contributed by atoms with Crippen LogP contribution < -0.4 is 9.62 Å². The fraction of sp³-hybridized carbons (Fsp3) is 0.310. The molecule has 0 bridgehead atoms. The molecule has 2 atom stereocenters. The molecule has 3 aromatic rings. The highest BCUT2D eigenvalue weighted by Crippen LogP contribution is 2.23. The fourth-order valence-corrected chi connectivity index (χ4v) is 5.61. The number of carbonyl (C=O) groups is 2. The van der Waals surface area contributed by atoms with Crippen molar-refractivity contribution in [1.82, 2.24) is 10.2 Å². The van der Waals surface area contributed by atoms with E-state index in [4.69, 9.17) is 0 Å². The van der Waals surface area contributed by atoms with Gasteiger partial charge in [0, 0.05) is 28.0 Å². The van der Waals surface area contributed by atoms with Gasteiger partial charge in [0.05, 0.1) is 11.9 Å². The van der Waals surface area contributed by atoms with Crippen molar-refractivity contribution in [2.75, 3.05) is 17.1 Å². The Labute approximate surface area is 247 Å². The van der Waals surface area contributed by atoms with Crippen LogP contribution in [0.5, 0.6) is 0 Å². The van der Waals surface area contributed by atoms with Crippen LogP contribution in [-0.2, 0) is 32.6 Å². The maximum atomic E-state index is 14.0. The van der Waals surface area contributed by atoms with Crippen LogP contribution >= 0.6 is 31.9 Å². The molecule has 208 valence electrons. The molecule has 39 heavy (non-hydrogen) atoms. The standard InChI is InChI=1S/C29H33Br2N3O4S/c1-4-21(2)32-29(36)27(18-22-9-6-5-7-10-22)33(19-23-11-8-12-25(31)17-23)28(35)20-34(39(3,37)38)26-15-13-24(30)14-16-26/h5-17,21,27H,4,18-20H2,1-3H3,(H,32,36)/t21-,27-/m1/s1. The molecule has 0 aromatic heterocycles. The van der Waals surface area contributed by atoms with Crippen LogP contribution in [0.3, 0.4) is 0 Å². The van der Waals surface area contributed by atoms with E-state index in [9.17, 15) is 18.0 Å². The Hall–Kier alpha value is -2.69. The predicted octanol–water partition coefficient (Wildman–Crippen LogP) is 5.53. The molecule has 0 saturated carbocycles. The number of sulfonamides is 1. The number of hydrogen-bond donors (Lipinski definition) is 1. The van der Waals surface area contributed by atoms with Crippen molar-refractivity contribution < 1.29 is 18.0 Å². The van der Waals surface area contributed by atoms with Gasteiger partial charge in [0.1, 0.15) is 12.6 Å². The summed E-state index contributed by atoms with van der Waals surface area (Å²) in [5.74, 6) is -0.769. The lowest BCUT2D eigenvalue weighted by atomic mass is 10.0. The lowest BCUT2D eigenvalue weighted by molar-refractivity contribution is -0.140. The summed E-state index contributed by atoms with van der Waals surface area (Å²) in [5.41, 5.74) is 2.06. The third-order valence-electron chi connectivity index (χ3n) is 6.31. The predicted molar refractivity (Wildman–Crippen MR) is 163 cm³/mol. The Morgan fingerprint density at radius 1 is 0.897 bits per heavy atom. The summed E-state index contributed by atoms with van der Waals surface area (Å²) in [4.78, 5) is 29.2. The molecule has 0 saturated heterocycles. The molecular weight excluding hydrogens is 646 g/mol. The van der Waals surface area contributed by atoms with Gasteiger partial charge in [-0.25, -0.2) is 8.42 Å². The van der Waals surface area contributed by atoms with E-state index in [2.05, 4.69) is 37.2 Å². The van der Waals surface area contributed by atoms with Crippen molar-refractivity contribution in [3.63, 3.8) is 0 Å². The molecule has 10 heteroatoms. The van der Waals surface area contributed by atoms with Gasteiger partial charge in [-0.15, -0.1) is 0 Å². The number of anilines is 1. The molecule has 0 aliphatic rings. The van der Waals surface area contributed by atoms with E-state index in [1.807, 2.05) is 68.4 Å². The van der Waals surface area contributed by atoms with E-state index in [-0.39, 0.29) is 24.9 Å². The Morgan fingerprint density at radius 2 is 1.54 bits per heavy atom. The van der Waals surface area contributed by atoms with E-state index in [1.54, 1.807) is 24.3 Å². The highest BCUT2D eigenvalue weighted by atomic mass is 79.9. The molecular formula is C29H33Br2N3O4S. The van der Waals surface area contributed by atoms with Gasteiger partial charge in [-0.3, -0.25) is 13.9 Å². The van der Waals surface area contributed by atoms with Crippen LogP contribution in [0, 0.1) is 0 Å². The third kappa shape index (κ3) is 9.19. The highest BCUT2D eigenvalue weighted by molar-refractivity contribution is 9.10. The van der Waals surface area contributed by atoms with E-state index in [0.29, 0.717) is 5.69 Å². The Balaban J connectivity index is 2.05. The van der Waals surface area contributed by atoms with Crippen molar-refractivity contribution in [1.29, 1.82) is 0 Å². The van der Waals surface area contributed by atoms with Gasteiger partial charge < -0.3 is 10.2 Å². The first-order valence-corrected chi connectivity index (χ1v) is 16.0. The number of rotatable bonds is 12. The fourth-order valence-electron chi connectivity index (χ4n) is 4.05. The molecule has 0 aliphatic carbocycles. The maximum Gasteiger partial charge on any atom is 0.244 e. The Kier molecular flexibility index (Phi) is 11.1. The SMILES string of the molecule is CC[C@@H](C)NC(=O)[C@@H](Cc1ccccc1)N(Cc1cccc(Br)c1)C(=O)CN(c1ccc(Br)cc1)S(C)(=O)=O. The van der Waals surface area contributed by atoms with Crippen molar-refractivity contribution in [2.24, 2.45) is 0 Å². The lowest BCUT2D eigenvalue weighted by Crippen LogP contribution is -2.54. The number of nitrogens with one attached hydrogen (secondary N) is 1. The molecule has 0 heterocycles. The molecule has 3 rings (SSSR count). The van der Waals surface area contributed by atoms with Gasteiger partial charge in [-0.05, 0) is 60.9 Å². The average molecular weight is 679 g/mol. The second-order valence-corrected chi connectivity index (χ2v) is 13.2. The topological polar surface area (TPSA) is 86.8 Å². The third-order valence-corrected chi connectivity index (χ3v) is 8.47. The first-order chi connectivity index (χ1) is 18.5. The van der Waals surface area contributed by atoms with Gasteiger partial charge >= 0.3 is 0 Å². The molecule has 0 unspecified atom stereocenters. The quantitative estimate of drug-likeness (QED) is 0.273. The molecule has 0 fully saturated rings. The summed E-state index contributed by atoms with van der Waals surface area (Å²) in [6, 6.07) is 22.7. The second-order valence-electron chi connectivity index (χ2n) is 9.42. The van der Waals surface area contributed by atoms with Crippen LogP contribution in [-0.4, -0.2) is 50.0 Å². The maximum absolute atomic E-state index is 14.0. The first kappa shape index (κ1) is 30.8. The minimum atomic E-state index is -3.80.